The Morgan fingerprint density at radius 3 is 2.88 bits per heavy atom. The quantitative estimate of drug-likeness (QED) is 0.678. The van der Waals surface area contributed by atoms with E-state index in [9.17, 15) is 9.59 Å². The zero-order chi connectivity index (χ0) is 16.9. The van der Waals surface area contributed by atoms with Crippen molar-refractivity contribution in [1.82, 2.24) is 10.3 Å². The number of hydrogen-bond donors (Lipinski definition) is 1. The molecule has 1 heterocycles. The summed E-state index contributed by atoms with van der Waals surface area (Å²) in [5, 5.41) is 3.38. The van der Waals surface area contributed by atoms with E-state index in [-0.39, 0.29) is 12.5 Å². The number of aryl methyl sites for hydroxylation is 1. The molecule has 1 N–H and O–H groups in total. The maximum atomic E-state index is 12.7. The maximum Gasteiger partial charge on any atom is 0.339 e. The molecule has 0 fully saturated rings. The van der Waals surface area contributed by atoms with Gasteiger partial charge in [-0.05, 0) is 37.3 Å². The van der Waals surface area contributed by atoms with Crippen molar-refractivity contribution in [3.8, 4) is 0 Å². The smallest absolute Gasteiger partial charge is 0.339 e. The number of ether oxygens (including phenoxy) is 1. The number of esters is 1. The normalized spacial score (nSPS) is 13.2. The molecule has 0 radical (unpaired) electrons. The minimum Gasteiger partial charge on any atom is -0.452 e. The van der Waals surface area contributed by atoms with Gasteiger partial charge >= 0.3 is 5.97 Å². The first-order valence-electron chi connectivity index (χ1n) is 8.16. The average molecular weight is 324 g/mol. The molecule has 0 aliphatic heterocycles. The molecular weight excluding hydrogens is 304 g/mol. The van der Waals surface area contributed by atoms with Crippen LogP contribution in [0.2, 0.25) is 0 Å². The highest BCUT2D eigenvalue weighted by molar-refractivity contribution is 6.05. The second kappa shape index (κ2) is 7.25. The monoisotopic (exact) mass is 324 g/mol. The summed E-state index contributed by atoms with van der Waals surface area (Å²) in [6.45, 7) is 3.59. The van der Waals surface area contributed by atoms with Crippen LogP contribution in [0.25, 0.3) is 10.9 Å². The van der Waals surface area contributed by atoms with Crippen LogP contribution in [-0.2, 0) is 22.4 Å². The third-order valence-electron chi connectivity index (χ3n) is 4.15. The Bertz CT molecular complexity index is 799. The zero-order valence-electron chi connectivity index (χ0n) is 13.5. The lowest BCUT2D eigenvalue weighted by molar-refractivity contribution is -0.124. The van der Waals surface area contributed by atoms with Crippen molar-refractivity contribution < 1.29 is 14.3 Å². The summed E-state index contributed by atoms with van der Waals surface area (Å²) in [4.78, 5) is 29.0. The van der Waals surface area contributed by atoms with Crippen molar-refractivity contribution in [2.75, 3.05) is 13.2 Å². The van der Waals surface area contributed by atoms with E-state index in [1.165, 1.54) is 0 Å². The van der Waals surface area contributed by atoms with Gasteiger partial charge < -0.3 is 10.1 Å². The molecule has 1 aromatic carbocycles. The summed E-state index contributed by atoms with van der Waals surface area (Å²) in [5.74, 6) is -0.795. The van der Waals surface area contributed by atoms with Crippen molar-refractivity contribution in [2.45, 2.75) is 25.7 Å². The number of aromatic nitrogens is 1. The topological polar surface area (TPSA) is 68.3 Å². The number of pyridine rings is 1. The first-order valence-corrected chi connectivity index (χ1v) is 8.16. The molecule has 1 aromatic heterocycles. The number of hydrogen-bond acceptors (Lipinski definition) is 4. The van der Waals surface area contributed by atoms with Crippen LogP contribution in [0.1, 0.15) is 34.5 Å². The Hall–Kier alpha value is -2.69. The molecule has 0 bridgehead atoms. The van der Waals surface area contributed by atoms with Crippen molar-refractivity contribution in [3.63, 3.8) is 0 Å². The number of fused-ring (bicyclic) bond motifs is 2. The number of carbonyl (C=O) groups is 2. The van der Waals surface area contributed by atoms with Crippen LogP contribution >= 0.6 is 0 Å². The van der Waals surface area contributed by atoms with E-state index in [1.54, 1.807) is 6.08 Å². The van der Waals surface area contributed by atoms with Gasteiger partial charge in [0.15, 0.2) is 6.61 Å². The molecule has 124 valence electrons. The van der Waals surface area contributed by atoms with E-state index in [4.69, 9.17) is 9.72 Å². The Labute approximate surface area is 140 Å². The number of para-hydroxylation sites is 1. The lowest BCUT2D eigenvalue weighted by atomic mass is 9.90. The molecule has 0 atom stereocenters. The van der Waals surface area contributed by atoms with E-state index >= 15 is 0 Å². The summed E-state index contributed by atoms with van der Waals surface area (Å²) >= 11 is 0. The van der Waals surface area contributed by atoms with Gasteiger partial charge in [-0.3, -0.25) is 9.78 Å². The third-order valence-corrected chi connectivity index (χ3v) is 4.15. The largest absolute Gasteiger partial charge is 0.452 e. The van der Waals surface area contributed by atoms with Crippen LogP contribution in [0, 0.1) is 0 Å². The van der Waals surface area contributed by atoms with Gasteiger partial charge in [0.1, 0.15) is 0 Å². The van der Waals surface area contributed by atoms with E-state index in [0.29, 0.717) is 12.1 Å². The van der Waals surface area contributed by atoms with E-state index < -0.39 is 5.97 Å². The molecule has 2 aromatic rings. The van der Waals surface area contributed by atoms with Gasteiger partial charge in [-0.25, -0.2) is 4.79 Å². The number of amides is 1. The molecule has 0 saturated heterocycles. The fourth-order valence-electron chi connectivity index (χ4n) is 3.05. The molecule has 0 saturated carbocycles. The number of rotatable bonds is 5. The summed E-state index contributed by atoms with van der Waals surface area (Å²) < 4.78 is 5.25. The Morgan fingerprint density at radius 2 is 2.04 bits per heavy atom. The summed E-state index contributed by atoms with van der Waals surface area (Å²) in [6, 6.07) is 7.57. The molecule has 0 unspecified atom stereocenters. The second-order valence-corrected chi connectivity index (χ2v) is 5.81. The molecule has 24 heavy (non-hydrogen) atoms. The molecule has 0 spiro atoms. The summed E-state index contributed by atoms with van der Waals surface area (Å²) in [5.41, 5.74) is 3.30. The minimum atomic E-state index is -0.458. The summed E-state index contributed by atoms with van der Waals surface area (Å²) in [6.07, 6.45) is 5.39. The van der Waals surface area contributed by atoms with Crippen LogP contribution in [0.5, 0.6) is 0 Å². The van der Waals surface area contributed by atoms with Crippen LogP contribution < -0.4 is 5.32 Å². The average Bonchev–Trinajstić information content (AvgIpc) is 2.62. The molecule has 3 rings (SSSR count). The van der Waals surface area contributed by atoms with Crippen molar-refractivity contribution in [3.05, 3.63) is 53.7 Å². The molecular formula is C19H20N2O3. The highest BCUT2D eigenvalue weighted by atomic mass is 16.5. The zero-order valence-corrected chi connectivity index (χ0v) is 13.5. The van der Waals surface area contributed by atoms with Crippen LogP contribution in [0.15, 0.2) is 36.9 Å². The van der Waals surface area contributed by atoms with Gasteiger partial charge in [-0.2, -0.15) is 0 Å². The van der Waals surface area contributed by atoms with E-state index in [0.717, 1.165) is 47.8 Å². The number of nitrogens with zero attached hydrogens (tertiary/aromatic N) is 1. The SMILES string of the molecule is C=CCNC(=O)COC(=O)c1c2c(nc3ccccc13)CCCC2. The predicted octanol–water partition coefficient (Wildman–Crippen LogP) is 2.57. The number of benzene rings is 1. The molecule has 1 amide bonds. The Kier molecular flexibility index (Phi) is 4.89. The van der Waals surface area contributed by atoms with Crippen LogP contribution in [-0.4, -0.2) is 30.0 Å². The maximum absolute atomic E-state index is 12.7. The van der Waals surface area contributed by atoms with Gasteiger partial charge in [0.2, 0.25) is 0 Å². The highest BCUT2D eigenvalue weighted by Gasteiger charge is 2.23. The standard InChI is InChI=1S/C19H20N2O3/c1-2-11-20-17(22)12-24-19(23)18-13-7-3-5-9-15(13)21-16-10-6-4-8-14(16)18/h2-3,5,7,9H,1,4,6,8,10-12H2,(H,20,22). The van der Waals surface area contributed by atoms with Gasteiger partial charge in [0.25, 0.3) is 5.91 Å². The van der Waals surface area contributed by atoms with Gasteiger partial charge in [-0.15, -0.1) is 6.58 Å². The van der Waals surface area contributed by atoms with Crippen LogP contribution in [0.4, 0.5) is 0 Å². The third kappa shape index (κ3) is 3.30. The van der Waals surface area contributed by atoms with Crippen LogP contribution in [0.3, 0.4) is 0 Å². The van der Waals surface area contributed by atoms with Gasteiger partial charge in [0.05, 0.1) is 11.1 Å². The van der Waals surface area contributed by atoms with Crippen molar-refractivity contribution in [1.29, 1.82) is 0 Å². The first-order chi connectivity index (χ1) is 11.7. The lowest BCUT2D eigenvalue weighted by Crippen LogP contribution is -2.29. The summed E-state index contributed by atoms with van der Waals surface area (Å²) in [7, 11) is 0. The van der Waals surface area contributed by atoms with Gasteiger partial charge in [0, 0.05) is 17.6 Å². The molecule has 5 nitrogen and oxygen atoms in total. The predicted molar refractivity (Wildman–Crippen MR) is 91.9 cm³/mol. The second-order valence-electron chi connectivity index (χ2n) is 5.81. The highest BCUT2D eigenvalue weighted by Crippen LogP contribution is 2.29. The molecule has 5 heteroatoms. The molecule has 1 aliphatic rings. The minimum absolute atomic E-state index is 0.294. The lowest BCUT2D eigenvalue weighted by Gasteiger charge is -2.19. The van der Waals surface area contributed by atoms with E-state index in [1.807, 2.05) is 24.3 Å². The van der Waals surface area contributed by atoms with Crippen molar-refractivity contribution in [2.24, 2.45) is 0 Å². The fraction of sp³-hybridized carbons (Fsp3) is 0.316. The van der Waals surface area contributed by atoms with Crippen molar-refractivity contribution >= 4 is 22.8 Å². The fourth-order valence-corrected chi connectivity index (χ4v) is 3.05. The Morgan fingerprint density at radius 1 is 1.25 bits per heavy atom. The number of nitrogens with one attached hydrogen (secondary N) is 1. The molecule has 1 aliphatic carbocycles. The Balaban J connectivity index is 1.91. The number of carbonyl (C=O) groups excluding carboxylic acids is 2. The first kappa shape index (κ1) is 16.2. The van der Waals surface area contributed by atoms with E-state index in [2.05, 4.69) is 11.9 Å². The van der Waals surface area contributed by atoms with Gasteiger partial charge in [-0.1, -0.05) is 24.3 Å².